The molecular weight excluding hydrogens is 502 g/mol. The normalized spacial score (nSPS) is 34.2. The molecule has 0 radical (unpaired) electrons. The molecule has 5 N–H and O–H groups in total. The van der Waals surface area contributed by atoms with Crippen molar-refractivity contribution in [3.63, 3.8) is 0 Å². The molecule has 1 unspecified atom stereocenters. The van der Waals surface area contributed by atoms with Crippen molar-refractivity contribution in [2.45, 2.75) is 89.2 Å². The third-order valence-electron chi connectivity index (χ3n) is 8.39. The highest BCUT2D eigenvalue weighted by Gasteiger charge is 2.51. The molecule has 5 fully saturated rings. The highest BCUT2D eigenvalue weighted by atomic mass is 32.2. The van der Waals surface area contributed by atoms with Crippen molar-refractivity contribution >= 4 is 28.0 Å². The first-order chi connectivity index (χ1) is 18.1. The second-order valence-corrected chi connectivity index (χ2v) is 13.6. The van der Waals surface area contributed by atoms with Crippen LogP contribution in [0.4, 0.5) is 4.79 Å². The molecule has 11 nitrogen and oxygen atoms in total. The number of carbonyl (C=O) groups excluding carboxylic acids is 3. The van der Waals surface area contributed by atoms with Crippen molar-refractivity contribution < 1.29 is 39.9 Å². The lowest BCUT2D eigenvalue weighted by atomic mass is 9.50. The number of amides is 3. The van der Waals surface area contributed by atoms with E-state index in [1.165, 1.54) is 0 Å². The molecule has 210 valence electrons. The fourth-order valence-corrected chi connectivity index (χ4v) is 7.77. The van der Waals surface area contributed by atoms with Gasteiger partial charge in [-0.05, 0) is 81.5 Å². The van der Waals surface area contributed by atoms with Crippen molar-refractivity contribution in [3.8, 4) is 0 Å². The summed E-state index contributed by atoms with van der Waals surface area (Å²) in [5.41, 5.74) is -3.13. The molecule has 4 saturated carbocycles. The summed E-state index contributed by atoms with van der Waals surface area (Å²) in [5, 5.41) is 17.7. The summed E-state index contributed by atoms with van der Waals surface area (Å²) in [5.74, 6) is -0.680. The van der Waals surface area contributed by atoms with E-state index in [2.05, 4.69) is 16.0 Å². The zero-order valence-corrected chi connectivity index (χ0v) is 22.3. The van der Waals surface area contributed by atoms with Gasteiger partial charge in [0.15, 0.2) is 0 Å². The summed E-state index contributed by atoms with van der Waals surface area (Å²) in [4.78, 5) is 38.2. The summed E-state index contributed by atoms with van der Waals surface area (Å²) >= 11 is 0. The van der Waals surface area contributed by atoms with Crippen molar-refractivity contribution in [1.29, 1.82) is 0 Å². The van der Waals surface area contributed by atoms with Gasteiger partial charge in [-0.25, -0.2) is 4.79 Å². The molecule has 0 aromatic carbocycles. The molecule has 4 bridgehead atoms. The number of hydrogen-bond donors (Lipinski definition) is 5. The molecule has 1 heterocycles. The number of nitrogens with one attached hydrogen (secondary N) is 3. The van der Waals surface area contributed by atoms with Crippen LogP contribution in [0.2, 0.25) is 0 Å². The highest BCUT2D eigenvalue weighted by molar-refractivity contribution is 7.86. The minimum atomic E-state index is -4.98. The zero-order chi connectivity index (χ0) is 28.8. The summed E-state index contributed by atoms with van der Waals surface area (Å²) in [6, 6.07) is -2.76. The Morgan fingerprint density at radius 3 is 2.24 bits per heavy atom. The average molecular weight is 546 g/mol. The third kappa shape index (κ3) is 6.94. The molecule has 3 amide bonds. The standard InChI is InChI=1S/C25H41N3O8S/c1-14(2)5-19(22(30)27-20(23(31)37(33,34)35)9-18-3-4-26-21(18)29)28-24(32)36-13-25-10-15-6-16(11-25)8-17(7-15)12-25/h14-20,23,31H,3-13H2,1-2H3,(H,26,29)(H,27,30)(H,28,32)(H,33,34,35)/t15?,16?,17?,18-,19-,20-,23?,25?/m0/s1/i13D2. The number of carbonyl (C=O) groups is 3. The number of hydrogen-bond acceptors (Lipinski definition) is 7. The van der Waals surface area contributed by atoms with Crippen LogP contribution in [0.3, 0.4) is 0 Å². The lowest BCUT2D eigenvalue weighted by Gasteiger charge is -2.56. The lowest BCUT2D eigenvalue weighted by molar-refractivity contribution is -0.126. The fourth-order valence-electron chi connectivity index (χ4n) is 7.18. The molecule has 5 rings (SSSR count). The maximum absolute atomic E-state index is 13.2. The largest absolute Gasteiger partial charge is 0.449 e. The molecule has 5 aliphatic rings. The predicted octanol–water partition coefficient (Wildman–Crippen LogP) is 1.56. The van der Waals surface area contributed by atoms with E-state index in [4.69, 9.17) is 7.48 Å². The van der Waals surface area contributed by atoms with Crippen molar-refractivity contribution in [2.75, 3.05) is 13.1 Å². The van der Waals surface area contributed by atoms with E-state index < -0.39 is 57.5 Å². The van der Waals surface area contributed by atoms with Crippen LogP contribution in [0.5, 0.6) is 0 Å². The second-order valence-electron chi connectivity index (χ2n) is 12.0. The van der Waals surface area contributed by atoms with Crippen molar-refractivity contribution in [1.82, 2.24) is 16.0 Å². The number of rotatable bonds is 11. The van der Waals surface area contributed by atoms with Crippen LogP contribution in [0.15, 0.2) is 0 Å². The lowest BCUT2D eigenvalue weighted by Crippen LogP contribution is -2.55. The number of ether oxygens (including phenoxy) is 1. The summed E-state index contributed by atoms with van der Waals surface area (Å²) < 4.78 is 55.6. The Bertz CT molecular complexity index is 1030. The second kappa shape index (κ2) is 11.1. The smallest absolute Gasteiger partial charge is 0.407 e. The van der Waals surface area contributed by atoms with Crippen LogP contribution in [0.1, 0.15) is 74.4 Å². The predicted molar refractivity (Wildman–Crippen MR) is 134 cm³/mol. The van der Waals surface area contributed by atoms with Crippen LogP contribution < -0.4 is 16.0 Å². The number of aliphatic hydroxyl groups excluding tert-OH is 1. The first kappa shape index (κ1) is 25.4. The minimum absolute atomic E-state index is 0.105. The van der Waals surface area contributed by atoms with Crippen molar-refractivity contribution in [3.05, 3.63) is 0 Å². The number of aliphatic hydroxyl groups is 1. The van der Waals surface area contributed by atoms with Gasteiger partial charge in [0.2, 0.25) is 17.3 Å². The topological polar surface area (TPSA) is 171 Å². The first-order valence-corrected chi connectivity index (χ1v) is 14.8. The van der Waals surface area contributed by atoms with E-state index in [1.54, 1.807) is 13.8 Å². The molecule has 37 heavy (non-hydrogen) atoms. The Morgan fingerprint density at radius 1 is 1.16 bits per heavy atom. The summed E-state index contributed by atoms with van der Waals surface area (Å²) in [6.07, 6.45) is 4.41. The van der Waals surface area contributed by atoms with E-state index in [1.807, 2.05) is 0 Å². The van der Waals surface area contributed by atoms with E-state index >= 15 is 0 Å². The minimum Gasteiger partial charge on any atom is -0.449 e. The number of alkyl carbamates (subject to hydrolysis) is 1. The summed E-state index contributed by atoms with van der Waals surface area (Å²) in [6.45, 7) is 1.73. The maximum Gasteiger partial charge on any atom is 0.407 e. The Hall–Kier alpha value is -1.92. The molecule has 1 aliphatic heterocycles. The van der Waals surface area contributed by atoms with Gasteiger partial charge in [0.1, 0.15) is 6.04 Å². The third-order valence-corrected chi connectivity index (χ3v) is 9.33. The molecule has 12 heteroatoms. The van der Waals surface area contributed by atoms with E-state index in [0.29, 0.717) is 50.0 Å². The first-order valence-electron chi connectivity index (χ1n) is 14.3. The van der Waals surface area contributed by atoms with Gasteiger partial charge in [-0.3, -0.25) is 14.1 Å². The van der Waals surface area contributed by atoms with Crippen LogP contribution >= 0.6 is 0 Å². The SMILES string of the molecule is [2H]C([2H])(OC(=O)N[C@@H](CC(C)C)C(=O)N[C@@H](C[C@@H]1CCNC1=O)C(O)S(=O)(=O)O)C12CC3CC(CC(C3)C1)C2. The molecule has 1 saturated heterocycles. The average Bonchev–Trinajstić information content (AvgIpc) is 3.19. The maximum atomic E-state index is 13.2. The van der Waals surface area contributed by atoms with Crippen LogP contribution in [0, 0.1) is 35.0 Å². The molecule has 4 atom stereocenters. The van der Waals surface area contributed by atoms with Crippen molar-refractivity contribution in [2.24, 2.45) is 35.0 Å². The van der Waals surface area contributed by atoms with E-state index in [0.717, 1.165) is 19.3 Å². The Labute approximate surface area is 221 Å². The fraction of sp³-hybridized carbons (Fsp3) is 0.880. The zero-order valence-electron chi connectivity index (χ0n) is 23.4. The van der Waals surface area contributed by atoms with Crippen LogP contribution in [0.25, 0.3) is 0 Å². The van der Waals surface area contributed by atoms with Gasteiger partial charge in [-0.15, -0.1) is 0 Å². The molecule has 0 spiro atoms. The highest BCUT2D eigenvalue weighted by Crippen LogP contribution is 2.60. The Kier molecular flexibility index (Phi) is 7.58. The monoisotopic (exact) mass is 545 g/mol. The summed E-state index contributed by atoms with van der Waals surface area (Å²) in [7, 11) is -4.98. The van der Waals surface area contributed by atoms with Crippen LogP contribution in [-0.4, -0.2) is 66.6 Å². The van der Waals surface area contributed by atoms with Gasteiger partial charge >= 0.3 is 6.09 Å². The van der Waals surface area contributed by atoms with Gasteiger partial charge in [-0.2, -0.15) is 8.42 Å². The van der Waals surface area contributed by atoms with Gasteiger partial charge in [0.25, 0.3) is 10.1 Å². The van der Waals surface area contributed by atoms with E-state index in [9.17, 15) is 32.5 Å². The quantitative estimate of drug-likeness (QED) is 0.243. The van der Waals surface area contributed by atoms with Gasteiger partial charge in [-0.1, -0.05) is 13.8 Å². The van der Waals surface area contributed by atoms with Gasteiger partial charge in [0, 0.05) is 17.9 Å². The van der Waals surface area contributed by atoms with Crippen LogP contribution in [-0.2, 0) is 24.4 Å². The Balaban J connectivity index is 1.44. The van der Waals surface area contributed by atoms with Gasteiger partial charge in [0.05, 0.1) is 15.3 Å². The molecule has 0 aromatic rings. The van der Waals surface area contributed by atoms with Gasteiger partial charge < -0.3 is 25.8 Å². The molecular formula is C25H41N3O8S. The molecule has 4 aliphatic carbocycles. The molecule has 0 aromatic heterocycles. The Morgan fingerprint density at radius 2 is 1.76 bits per heavy atom. The van der Waals surface area contributed by atoms with E-state index in [-0.39, 0.29) is 24.7 Å².